The van der Waals surface area contributed by atoms with Crippen molar-refractivity contribution in [3.8, 4) is 17.5 Å². The van der Waals surface area contributed by atoms with Gasteiger partial charge < -0.3 is 19.3 Å². The first-order chi connectivity index (χ1) is 13.8. The van der Waals surface area contributed by atoms with Crippen molar-refractivity contribution >= 4 is 5.82 Å². The number of nitrogens with zero attached hydrogens (tertiary/aromatic N) is 5. The predicted octanol–water partition coefficient (Wildman–Crippen LogP) is 2.89. The van der Waals surface area contributed by atoms with Gasteiger partial charge in [-0.1, -0.05) is 0 Å². The van der Waals surface area contributed by atoms with Crippen molar-refractivity contribution in [1.82, 2.24) is 19.4 Å². The molecule has 2 aromatic heterocycles. The summed E-state index contributed by atoms with van der Waals surface area (Å²) in [5.41, 5.74) is 0.205. The van der Waals surface area contributed by atoms with E-state index in [1.165, 1.54) is 12.3 Å². The number of oxazole rings is 1. The second kappa shape index (κ2) is 6.08. The summed E-state index contributed by atoms with van der Waals surface area (Å²) in [5.74, 6) is -0.877. The number of aromatic nitrogens is 3. The van der Waals surface area contributed by atoms with E-state index in [0.29, 0.717) is 37.6 Å². The zero-order valence-corrected chi connectivity index (χ0v) is 15.3. The van der Waals surface area contributed by atoms with Crippen LogP contribution in [-0.2, 0) is 19.6 Å². The van der Waals surface area contributed by atoms with Gasteiger partial charge in [-0.3, -0.25) is 9.47 Å². The Hall–Kier alpha value is -3.34. The summed E-state index contributed by atoms with van der Waals surface area (Å²) in [4.78, 5) is 20.6. The molecule has 5 rings (SSSR count). The van der Waals surface area contributed by atoms with Crippen LogP contribution in [0.25, 0.3) is 11.5 Å². The molecule has 0 unspecified atom stereocenters. The van der Waals surface area contributed by atoms with E-state index in [0.717, 1.165) is 12.1 Å². The van der Waals surface area contributed by atoms with Crippen molar-refractivity contribution < 1.29 is 22.9 Å². The van der Waals surface area contributed by atoms with E-state index in [9.17, 15) is 18.9 Å². The normalized spacial score (nSPS) is 20.5. The lowest BCUT2D eigenvalue weighted by atomic mass is 10.1. The monoisotopic (exact) mass is 403 g/mol. The molecule has 0 fully saturated rings. The maximum Gasteiger partial charge on any atom is 0.415 e. The molecule has 0 bridgehead atoms. The van der Waals surface area contributed by atoms with Gasteiger partial charge >= 0.3 is 11.8 Å². The molecular weight excluding hydrogens is 388 g/mol. The molecule has 0 N–H and O–H groups in total. The summed E-state index contributed by atoms with van der Waals surface area (Å²) in [5, 5.41) is 10.8. The first kappa shape index (κ1) is 17.7. The molecule has 11 heteroatoms. The largest absolute Gasteiger partial charge is 0.439 e. The van der Waals surface area contributed by atoms with E-state index in [-0.39, 0.29) is 23.3 Å². The minimum absolute atomic E-state index is 0.116. The average molecular weight is 403 g/mol. The van der Waals surface area contributed by atoms with Crippen LogP contribution < -0.4 is 4.74 Å². The maximum atomic E-state index is 14.0. The highest BCUT2D eigenvalue weighted by Crippen LogP contribution is 2.35. The summed E-state index contributed by atoms with van der Waals surface area (Å²) in [6, 6.07) is 3.48. The zero-order valence-electron chi connectivity index (χ0n) is 15.3. The van der Waals surface area contributed by atoms with Gasteiger partial charge in [0.05, 0.1) is 24.3 Å². The first-order valence-electron chi connectivity index (χ1n) is 8.87. The second-order valence-corrected chi connectivity index (χ2v) is 7.48. The minimum atomic E-state index is -0.725. The highest BCUT2D eigenvalue weighted by atomic mass is 19.1. The molecule has 29 heavy (non-hydrogen) atoms. The molecule has 9 nitrogen and oxygen atoms in total. The number of ether oxygens (including phenoxy) is 1. The van der Waals surface area contributed by atoms with Gasteiger partial charge in [-0.2, -0.15) is 0 Å². The van der Waals surface area contributed by atoms with Gasteiger partial charge in [0.1, 0.15) is 29.2 Å². The fourth-order valence-electron chi connectivity index (χ4n) is 3.83. The second-order valence-electron chi connectivity index (χ2n) is 7.48. The summed E-state index contributed by atoms with van der Waals surface area (Å²) in [6.45, 7) is 3.81. The Morgan fingerprint density at radius 2 is 2.14 bits per heavy atom. The molecule has 2 aliphatic heterocycles. The van der Waals surface area contributed by atoms with Gasteiger partial charge in [-0.05, 0) is 24.0 Å². The van der Waals surface area contributed by atoms with Crippen molar-refractivity contribution in [2.75, 3.05) is 6.54 Å². The van der Waals surface area contributed by atoms with Crippen LogP contribution >= 0.6 is 0 Å². The van der Waals surface area contributed by atoms with Crippen LogP contribution in [0.3, 0.4) is 0 Å². The van der Waals surface area contributed by atoms with E-state index in [4.69, 9.17) is 9.15 Å². The van der Waals surface area contributed by atoms with Crippen molar-refractivity contribution in [2.45, 2.75) is 32.2 Å². The summed E-state index contributed by atoms with van der Waals surface area (Å²) in [7, 11) is 0. The average Bonchev–Trinajstić information content (AvgIpc) is 3.33. The molecule has 0 radical (unpaired) electrons. The van der Waals surface area contributed by atoms with E-state index in [1.54, 1.807) is 4.57 Å². The number of halogens is 2. The molecule has 3 aromatic rings. The number of hydrogen-bond acceptors (Lipinski definition) is 7. The van der Waals surface area contributed by atoms with E-state index in [1.807, 2.05) is 6.92 Å². The van der Waals surface area contributed by atoms with Crippen LogP contribution in [-0.4, -0.2) is 36.5 Å². The molecule has 0 saturated carbocycles. The zero-order chi connectivity index (χ0) is 20.3. The fourth-order valence-corrected chi connectivity index (χ4v) is 3.83. The Morgan fingerprint density at radius 1 is 1.31 bits per heavy atom. The lowest BCUT2D eigenvalue weighted by molar-refractivity contribution is -0.389. The third kappa shape index (κ3) is 3.03. The Balaban J connectivity index is 1.27. The molecule has 1 atom stereocenters. The third-order valence-electron chi connectivity index (χ3n) is 5.00. The van der Waals surface area contributed by atoms with Crippen LogP contribution in [0.15, 0.2) is 28.8 Å². The number of rotatable bonds is 4. The van der Waals surface area contributed by atoms with E-state index < -0.39 is 22.2 Å². The Kier molecular flexibility index (Phi) is 3.72. The van der Waals surface area contributed by atoms with Gasteiger partial charge in [0, 0.05) is 24.1 Å². The smallest absolute Gasteiger partial charge is 0.415 e. The van der Waals surface area contributed by atoms with E-state index in [2.05, 4.69) is 14.9 Å². The van der Waals surface area contributed by atoms with Crippen molar-refractivity contribution in [2.24, 2.45) is 0 Å². The van der Waals surface area contributed by atoms with Gasteiger partial charge in [-0.25, -0.2) is 13.8 Å². The number of benzene rings is 1. The van der Waals surface area contributed by atoms with Crippen LogP contribution in [0.5, 0.6) is 6.01 Å². The molecule has 1 aromatic carbocycles. The SMILES string of the molecule is C[C@]1(CN2Cc3nc(-c4ccc(F)cc4F)oc3C2)Cn2cc([N+](=O)[O-])nc2O1. The molecule has 0 saturated heterocycles. The van der Waals surface area contributed by atoms with Crippen molar-refractivity contribution in [1.29, 1.82) is 0 Å². The van der Waals surface area contributed by atoms with Crippen LogP contribution in [0.2, 0.25) is 0 Å². The highest BCUT2D eigenvalue weighted by Gasteiger charge is 2.42. The quantitative estimate of drug-likeness (QED) is 0.488. The summed E-state index contributed by atoms with van der Waals surface area (Å²) >= 11 is 0. The lowest BCUT2D eigenvalue weighted by Crippen LogP contribution is -2.43. The van der Waals surface area contributed by atoms with Crippen molar-refractivity contribution in [3.63, 3.8) is 0 Å². The van der Waals surface area contributed by atoms with Gasteiger partial charge in [0.15, 0.2) is 0 Å². The predicted molar refractivity (Wildman–Crippen MR) is 93.9 cm³/mol. The van der Waals surface area contributed by atoms with Gasteiger partial charge in [-0.15, -0.1) is 0 Å². The lowest BCUT2D eigenvalue weighted by Gasteiger charge is -2.27. The molecule has 0 amide bonds. The maximum absolute atomic E-state index is 14.0. The Labute approximate surface area is 162 Å². The van der Waals surface area contributed by atoms with Crippen LogP contribution in [0, 0.1) is 21.7 Å². The third-order valence-corrected chi connectivity index (χ3v) is 5.00. The van der Waals surface area contributed by atoms with Crippen molar-refractivity contribution in [3.05, 3.63) is 57.6 Å². The number of fused-ring (bicyclic) bond motifs is 2. The molecule has 4 heterocycles. The number of nitro groups is 1. The number of hydrogen-bond donors (Lipinski definition) is 0. The highest BCUT2D eigenvalue weighted by molar-refractivity contribution is 5.54. The molecular formula is C18H15F2N5O4. The molecule has 2 aliphatic rings. The molecule has 150 valence electrons. The van der Waals surface area contributed by atoms with E-state index >= 15 is 0 Å². The van der Waals surface area contributed by atoms with Crippen LogP contribution in [0.1, 0.15) is 18.4 Å². The fraction of sp³-hybridized carbons (Fsp3) is 0.333. The summed E-state index contributed by atoms with van der Waals surface area (Å²) < 4.78 is 40.2. The summed E-state index contributed by atoms with van der Waals surface area (Å²) in [6.07, 6.45) is 1.36. The van der Waals surface area contributed by atoms with Crippen LogP contribution in [0.4, 0.5) is 14.6 Å². The Morgan fingerprint density at radius 3 is 2.83 bits per heavy atom. The standard InChI is InChI=1S/C18H15F2N5O4/c1-18(9-24-7-15(25(26)27)22-17(24)29-18)8-23-5-13-14(6-23)28-16(21-13)11-3-2-10(19)4-12(11)20/h2-4,7H,5-6,8-9H2,1H3/t18-/m0/s1. The first-order valence-corrected chi connectivity index (χ1v) is 8.87. The molecule has 0 aliphatic carbocycles. The van der Waals surface area contributed by atoms with Gasteiger partial charge in [0.2, 0.25) is 5.89 Å². The van der Waals surface area contributed by atoms with Gasteiger partial charge in [0.25, 0.3) is 0 Å². The minimum Gasteiger partial charge on any atom is -0.439 e. The molecule has 0 spiro atoms. The number of imidazole rings is 1. The topological polar surface area (TPSA) is 99.5 Å². The Bertz CT molecular complexity index is 1090.